The van der Waals surface area contributed by atoms with Crippen molar-refractivity contribution in [2.24, 2.45) is 5.92 Å². The summed E-state index contributed by atoms with van der Waals surface area (Å²) in [6, 6.07) is 0.462. The Morgan fingerprint density at radius 1 is 1.27 bits per heavy atom. The summed E-state index contributed by atoms with van der Waals surface area (Å²) in [5.74, 6) is 0.890. The Labute approximate surface area is 94.5 Å². The van der Waals surface area contributed by atoms with E-state index in [0.29, 0.717) is 11.2 Å². The number of rotatable bonds is 1. The maximum Gasteiger partial charge on any atom is 0.147 e. The molecule has 3 saturated heterocycles. The second-order valence-corrected chi connectivity index (χ2v) is 4.88. The maximum absolute atomic E-state index is 5.87. The molecule has 0 radical (unpaired) electrons. The minimum Gasteiger partial charge on any atom is -0.295 e. The van der Waals surface area contributed by atoms with Gasteiger partial charge in [0.25, 0.3) is 0 Å². The van der Waals surface area contributed by atoms with Gasteiger partial charge in [-0.2, -0.15) is 0 Å². The SMILES string of the molecule is Clc1cncc(C2CC3CCN2CC3)n1. The zero-order valence-corrected chi connectivity index (χ0v) is 9.32. The van der Waals surface area contributed by atoms with Gasteiger partial charge < -0.3 is 0 Å². The Morgan fingerprint density at radius 2 is 2.07 bits per heavy atom. The zero-order valence-electron chi connectivity index (χ0n) is 8.56. The van der Waals surface area contributed by atoms with Crippen LogP contribution in [0.5, 0.6) is 0 Å². The standard InChI is InChI=1S/C11H14ClN3/c12-11-7-13-6-9(14-11)10-5-8-1-3-15(10)4-2-8/h6-8,10H,1-5H2. The molecule has 15 heavy (non-hydrogen) atoms. The third-order valence-electron chi connectivity index (χ3n) is 3.61. The van der Waals surface area contributed by atoms with E-state index < -0.39 is 0 Å². The Bertz CT molecular complexity index is 361. The minimum absolute atomic E-state index is 0.462. The molecule has 1 atom stereocenters. The molecule has 1 unspecified atom stereocenters. The number of piperidine rings is 3. The Morgan fingerprint density at radius 3 is 2.67 bits per heavy atom. The van der Waals surface area contributed by atoms with Crippen molar-refractivity contribution in [3.63, 3.8) is 0 Å². The van der Waals surface area contributed by atoms with E-state index in [2.05, 4.69) is 14.9 Å². The molecule has 3 nitrogen and oxygen atoms in total. The van der Waals surface area contributed by atoms with E-state index in [0.717, 1.165) is 11.6 Å². The van der Waals surface area contributed by atoms with Gasteiger partial charge in [-0.15, -0.1) is 0 Å². The van der Waals surface area contributed by atoms with E-state index in [4.69, 9.17) is 11.6 Å². The highest BCUT2D eigenvalue weighted by molar-refractivity contribution is 6.29. The fraction of sp³-hybridized carbons (Fsp3) is 0.636. The first-order chi connectivity index (χ1) is 7.33. The van der Waals surface area contributed by atoms with Gasteiger partial charge in [-0.1, -0.05) is 11.6 Å². The van der Waals surface area contributed by atoms with Gasteiger partial charge in [0.1, 0.15) is 5.15 Å². The molecule has 1 aromatic heterocycles. The second-order valence-electron chi connectivity index (χ2n) is 4.50. The lowest BCUT2D eigenvalue weighted by Gasteiger charge is -2.45. The highest BCUT2D eigenvalue weighted by Crippen LogP contribution is 2.39. The quantitative estimate of drug-likeness (QED) is 0.732. The summed E-state index contributed by atoms with van der Waals surface area (Å²) in [7, 11) is 0. The van der Waals surface area contributed by atoms with Crippen LogP contribution in [0.2, 0.25) is 5.15 Å². The van der Waals surface area contributed by atoms with Crippen molar-refractivity contribution >= 4 is 11.6 Å². The molecule has 80 valence electrons. The topological polar surface area (TPSA) is 29.0 Å². The number of fused-ring (bicyclic) bond motifs is 3. The van der Waals surface area contributed by atoms with E-state index in [1.165, 1.54) is 32.4 Å². The van der Waals surface area contributed by atoms with E-state index >= 15 is 0 Å². The lowest BCUT2D eigenvalue weighted by atomic mass is 9.82. The van der Waals surface area contributed by atoms with Gasteiger partial charge in [-0.25, -0.2) is 4.98 Å². The van der Waals surface area contributed by atoms with Crippen LogP contribution in [0.4, 0.5) is 0 Å². The Kier molecular flexibility index (Phi) is 2.37. The van der Waals surface area contributed by atoms with Gasteiger partial charge in [0.05, 0.1) is 24.1 Å². The second kappa shape index (κ2) is 3.72. The fourth-order valence-corrected chi connectivity index (χ4v) is 2.94. The monoisotopic (exact) mass is 223 g/mol. The first kappa shape index (κ1) is 9.55. The molecule has 3 fully saturated rings. The molecule has 4 rings (SSSR count). The highest BCUT2D eigenvalue weighted by atomic mass is 35.5. The number of nitrogens with zero attached hydrogens (tertiary/aromatic N) is 3. The molecule has 2 bridgehead atoms. The highest BCUT2D eigenvalue weighted by Gasteiger charge is 2.35. The summed E-state index contributed by atoms with van der Waals surface area (Å²) in [5, 5.41) is 0.509. The van der Waals surface area contributed by atoms with Crippen molar-refractivity contribution < 1.29 is 0 Å². The van der Waals surface area contributed by atoms with E-state index in [1.807, 2.05) is 6.20 Å². The number of hydrogen-bond donors (Lipinski definition) is 0. The first-order valence-electron chi connectivity index (χ1n) is 5.54. The van der Waals surface area contributed by atoms with E-state index in [1.54, 1.807) is 6.20 Å². The van der Waals surface area contributed by atoms with Crippen LogP contribution in [-0.2, 0) is 0 Å². The van der Waals surface area contributed by atoms with Crippen LogP contribution >= 0.6 is 11.6 Å². The molecule has 1 aromatic rings. The minimum atomic E-state index is 0.462. The predicted molar refractivity (Wildman–Crippen MR) is 58.7 cm³/mol. The van der Waals surface area contributed by atoms with Crippen molar-refractivity contribution in [2.75, 3.05) is 13.1 Å². The maximum atomic E-state index is 5.87. The zero-order chi connectivity index (χ0) is 10.3. The smallest absolute Gasteiger partial charge is 0.147 e. The number of aromatic nitrogens is 2. The normalized spacial score (nSPS) is 34.3. The van der Waals surface area contributed by atoms with Gasteiger partial charge >= 0.3 is 0 Å². The summed E-state index contributed by atoms with van der Waals surface area (Å²) in [4.78, 5) is 11.0. The van der Waals surface area contributed by atoms with Crippen molar-refractivity contribution in [1.82, 2.24) is 14.9 Å². The molecule has 4 heterocycles. The van der Waals surface area contributed by atoms with Gasteiger partial charge in [-0.3, -0.25) is 9.88 Å². The summed E-state index contributed by atoms with van der Waals surface area (Å²) in [6.45, 7) is 2.42. The summed E-state index contributed by atoms with van der Waals surface area (Å²) < 4.78 is 0. The van der Waals surface area contributed by atoms with Gasteiger partial charge in [0.2, 0.25) is 0 Å². The third-order valence-corrected chi connectivity index (χ3v) is 3.79. The van der Waals surface area contributed by atoms with Crippen molar-refractivity contribution in [3.05, 3.63) is 23.2 Å². The van der Waals surface area contributed by atoms with Crippen LogP contribution < -0.4 is 0 Å². The summed E-state index contributed by atoms with van der Waals surface area (Å²) >= 11 is 5.87. The lowest BCUT2D eigenvalue weighted by Crippen LogP contribution is -2.43. The van der Waals surface area contributed by atoms with Crippen LogP contribution in [0.25, 0.3) is 0 Å². The van der Waals surface area contributed by atoms with Crippen LogP contribution in [0, 0.1) is 5.92 Å². The molecule has 4 heteroatoms. The van der Waals surface area contributed by atoms with Gasteiger partial charge in [0, 0.05) is 0 Å². The molecule has 3 aliphatic rings. The van der Waals surface area contributed by atoms with Crippen molar-refractivity contribution in [1.29, 1.82) is 0 Å². The molecule has 0 aliphatic carbocycles. The van der Waals surface area contributed by atoms with Crippen LogP contribution in [0.3, 0.4) is 0 Å². The average molecular weight is 224 g/mol. The molecule has 0 N–H and O–H groups in total. The average Bonchev–Trinajstić information content (AvgIpc) is 2.30. The van der Waals surface area contributed by atoms with Gasteiger partial charge in [0.15, 0.2) is 0 Å². The van der Waals surface area contributed by atoms with Crippen molar-refractivity contribution in [2.45, 2.75) is 25.3 Å². The number of hydrogen-bond acceptors (Lipinski definition) is 3. The summed E-state index contributed by atoms with van der Waals surface area (Å²) in [5.41, 5.74) is 1.05. The van der Waals surface area contributed by atoms with Crippen LogP contribution in [0.15, 0.2) is 12.4 Å². The molecule has 0 amide bonds. The Hall–Kier alpha value is -0.670. The first-order valence-corrected chi connectivity index (χ1v) is 5.92. The number of halogens is 1. The molecule has 0 spiro atoms. The largest absolute Gasteiger partial charge is 0.295 e. The van der Waals surface area contributed by atoms with Crippen molar-refractivity contribution in [3.8, 4) is 0 Å². The van der Waals surface area contributed by atoms with Gasteiger partial charge in [-0.05, 0) is 38.3 Å². The molecule has 0 saturated carbocycles. The summed E-state index contributed by atoms with van der Waals surface area (Å²) in [6.07, 6.45) is 7.39. The molecule has 3 aliphatic heterocycles. The Balaban J connectivity index is 1.88. The third kappa shape index (κ3) is 1.74. The fourth-order valence-electron chi connectivity index (χ4n) is 2.79. The molecular formula is C11H14ClN3. The van der Waals surface area contributed by atoms with E-state index in [-0.39, 0.29) is 0 Å². The van der Waals surface area contributed by atoms with E-state index in [9.17, 15) is 0 Å². The molecule has 0 aromatic carbocycles. The molecular weight excluding hydrogens is 210 g/mol. The lowest BCUT2D eigenvalue weighted by molar-refractivity contribution is 0.0467. The predicted octanol–water partition coefficient (Wildman–Crippen LogP) is 2.29. The van der Waals surface area contributed by atoms with Crippen LogP contribution in [0.1, 0.15) is 31.0 Å². The van der Waals surface area contributed by atoms with Crippen LogP contribution in [-0.4, -0.2) is 28.0 Å².